The summed E-state index contributed by atoms with van der Waals surface area (Å²) < 4.78 is 10.8. The van der Waals surface area contributed by atoms with E-state index in [2.05, 4.69) is 0 Å². The molecule has 0 spiro atoms. The predicted octanol–water partition coefficient (Wildman–Crippen LogP) is 5.41. The van der Waals surface area contributed by atoms with Crippen LogP contribution in [0.3, 0.4) is 0 Å². The van der Waals surface area contributed by atoms with Crippen LogP contribution in [0.4, 0.5) is 5.69 Å². The highest BCUT2D eigenvalue weighted by atomic mass is 35.5. The van der Waals surface area contributed by atoms with E-state index < -0.39 is 5.97 Å². The third-order valence-electron chi connectivity index (χ3n) is 5.25. The van der Waals surface area contributed by atoms with Crippen LogP contribution in [0.15, 0.2) is 71.8 Å². The summed E-state index contributed by atoms with van der Waals surface area (Å²) in [6.45, 7) is 0. The van der Waals surface area contributed by atoms with Gasteiger partial charge >= 0.3 is 5.97 Å². The zero-order chi connectivity index (χ0) is 22.0. The fraction of sp³-hybridized carbons (Fsp3) is 0.167. The van der Waals surface area contributed by atoms with Gasteiger partial charge in [0.2, 0.25) is 0 Å². The fourth-order valence-corrected chi connectivity index (χ4v) is 3.89. The normalized spacial score (nSPS) is 15.5. The molecule has 4 rings (SSSR count). The number of carboxylic acid groups (broad SMARTS) is 1. The van der Waals surface area contributed by atoms with E-state index in [0.717, 1.165) is 16.8 Å². The van der Waals surface area contributed by atoms with Gasteiger partial charge in [-0.25, -0.2) is 4.79 Å². The van der Waals surface area contributed by atoms with E-state index >= 15 is 0 Å². The van der Waals surface area contributed by atoms with Gasteiger partial charge in [0.1, 0.15) is 0 Å². The molecule has 1 aliphatic heterocycles. The van der Waals surface area contributed by atoms with Gasteiger partial charge in [0, 0.05) is 6.42 Å². The van der Waals surface area contributed by atoms with E-state index in [1.54, 1.807) is 32.4 Å². The second-order valence-corrected chi connectivity index (χ2v) is 7.47. The van der Waals surface area contributed by atoms with Gasteiger partial charge < -0.3 is 14.6 Å². The highest BCUT2D eigenvalue weighted by molar-refractivity contribution is 6.33. The first kappa shape index (κ1) is 20.8. The SMILES string of the molecule is COc1ccc([C@@H]2CC(c3ccccc3)=NN2c2ccc(Cl)c(C(=O)O)c2)cc1OC. The first-order chi connectivity index (χ1) is 15.0. The van der Waals surface area contributed by atoms with Crippen LogP contribution in [0.5, 0.6) is 11.5 Å². The molecule has 158 valence electrons. The topological polar surface area (TPSA) is 71.4 Å². The Hall–Kier alpha value is -3.51. The summed E-state index contributed by atoms with van der Waals surface area (Å²) in [5.74, 6) is 0.177. The molecule has 3 aromatic carbocycles. The van der Waals surface area contributed by atoms with Crippen molar-refractivity contribution in [2.75, 3.05) is 19.2 Å². The van der Waals surface area contributed by atoms with Gasteiger partial charge in [0.05, 0.1) is 42.2 Å². The third kappa shape index (κ3) is 4.07. The molecule has 1 aliphatic rings. The Bertz CT molecular complexity index is 1150. The number of aromatic carboxylic acids is 1. The smallest absolute Gasteiger partial charge is 0.337 e. The summed E-state index contributed by atoms with van der Waals surface area (Å²) in [5.41, 5.74) is 3.58. The van der Waals surface area contributed by atoms with Crippen molar-refractivity contribution in [2.24, 2.45) is 5.10 Å². The third-order valence-corrected chi connectivity index (χ3v) is 5.58. The molecule has 6 nitrogen and oxygen atoms in total. The van der Waals surface area contributed by atoms with Gasteiger partial charge in [-0.2, -0.15) is 5.10 Å². The van der Waals surface area contributed by atoms with Crippen LogP contribution in [-0.2, 0) is 0 Å². The van der Waals surface area contributed by atoms with Crippen molar-refractivity contribution in [1.29, 1.82) is 0 Å². The van der Waals surface area contributed by atoms with E-state index in [-0.39, 0.29) is 16.6 Å². The second-order valence-electron chi connectivity index (χ2n) is 7.06. The lowest BCUT2D eigenvalue weighted by Crippen LogP contribution is -2.19. The van der Waals surface area contributed by atoms with Crippen LogP contribution in [0.25, 0.3) is 0 Å². The Labute approximate surface area is 185 Å². The molecule has 0 aliphatic carbocycles. The zero-order valence-corrected chi connectivity index (χ0v) is 17.8. The van der Waals surface area contributed by atoms with Gasteiger partial charge in [0.25, 0.3) is 0 Å². The van der Waals surface area contributed by atoms with Crippen LogP contribution < -0.4 is 14.5 Å². The summed E-state index contributed by atoms with van der Waals surface area (Å²) in [6.07, 6.45) is 0.643. The summed E-state index contributed by atoms with van der Waals surface area (Å²) in [4.78, 5) is 11.6. The minimum Gasteiger partial charge on any atom is -0.493 e. The standard InChI is InChI=1S/C24H21ClN2O4/c1-30-22-11-8-16(12-23(22)31-2)21-14-20(15-6-4-3-5-7-15)26-27(21)17-9-10-19(25)18(13-17)24(28)29/h3-13,21H,14H2,1-2H3,(H,28,29)/t21-/m0/s1. The molecule has 1 heterocycles. The summed E-state index contributed by atoms with van der Waals surface area (Å²) in [5, 5.41) is 16.4. The molecule has 3 aromatic rings. The summed E-state index contributed by atoms with van der Waals surface area (Å²) >= 11 is 6.08. The number of carboxylic acids is 1. The molecule has 0 aromatic heterocycles. The largest absolute Gasteiger partial charge is 0.493 e. The second kappa shape index (κ2) is 8.70. The van der Waals surface area contributed by atoms with Gasteiger partial charge in [-0.1, -0.05) is 48.0 Å². The predicted molar refractivity (Wildman–Crippen MR) is 121 cm³/mol. The lowest BCUT2D eigenvalue weighted by molar-refractivity contribution is 0.0697. The molecule has 0 bridgehead atoms. The lowest BCUT2D eigenvalue weighted by Gasteiger charge is -2.25. The molecule has 1 atom stereocenters. The summed E-state index contributed by atoms with van der Waals surface area (Å²) in [7, 11) is 3.19. The molecular formula is C24H21ClN2O4. The number of nitrogens with zero attached hydrogens (tertiary/aromatic N) is 2. The lowest BCUT2D eigenvalue weighted by atomic mass is 9.97. The fourth-order valence-electron chi connectivity index (χ4n) is 3.69. The van der Waals surface area contributed by atoms with Gasteiger partial charge in [0.15, 0.2) is 11.5 Å². The van der Waals surface area contributed by atoms with Gasteiger partial charge in [-0.05, 0) is 41.5 Å². The van der Waals surface area contributed by atoms with Crippen LogP contribution >= 0.6 is 11.6 Å². The molecule has 7 heteroatoms. The number of halogens is 1. The minimum atomic E-state index is -1.08. The maximum Gasteiger partial charge on any atom is 0.337 e. The van der Waals surface area contributed by atoms with Gasteiger partial charge in [-0.15, -0.1) is 0 Å². The average molecular weight is 437 g/mol. The number of methoxy groups -OCH3 is 2. The molecule has 0 fully saturated rings. The molecule has 0 saturated carbocycles. The number of hydrogen-bond donors (Lipinski definition) is 1. The highest BCUT2D eigenvalue weighted by Gasteiger charge is 2.31. The Morgan fingerprint density at radius 2 is 1.77 bits per heavy atom. The quantitative estimate of drug-likeness (QED) is 0.559. The van der Waals surface area contributed by atoms with Crippen molar-refractivity contribution in [2.45, 2.75) is 12.5 Å². The van der Waals surface area contributed by atoms with Crippen molar-refractivity contribution in [3.63, 3.8) is 0 Å². The number of ether oxygens (including phenoxy) is 2. The number of hydrazone groups is 1. The average Bonchev–Trinajstić information content (AvgIpc) is 3.25. The number of rotatable bonds is 6. The number of carbonyl (C=O) groups is 1. The summed E-state index contributed by atoms with van der Waals surface area (Å²) in [6, 6.07) is 20.4. The minimum absolute atomic E-state index is 0.0357. The molecule has 31 heavy (non-hydrogen) atoms. The molecule has 0 unspecified atom stereocenters. The van der Waals surface area contributed by atoms with Crippen LogP contribution in [0.2, 0.25) is 5.02 Å². The van der Waals surface area contributed by atoms with Crippen LogP contribution in [0, 0.1) is 0 Å². The van der Waals surface area contributed by atoms with E-state index in [9.17, 15) is 9.90 Å². The highest BCUT2D eigenvalue weighted by Crippen LogP contribution is 2.40. The molecule has 0 amide bonds. The molecular weight excluding hydrogens is 416 g/mol. The first-order valence-electron chi connectivity index (χ1n) is 9.68. The molecule has 0 saturated heterocycles. The van der Waals surface area contributed by atoms with Crippen molar-refractivity contribution in [3.8, 4) is 11.5 Å². The van der Waals surface area contributed by atoms with E-state index in [1.807, 2.05) is 53.5 Å². The van der Waals surface area contributed by atoms with Crippen LogP contribution in [0.1, 0.15) is 33.9 Å². The monoisotopic (exact) mass is 436 g/mol. The maximum absolute atomic E-state index is 11.6. The van der Waals surface area contributed by atoms with Crippen molar-refractivity contribution in [1.82, 2.24) is 0 Å². The van der Waals surface area contributed by atoms with Crippen molar-refractivity contribution < 1.29 is 19.4 Å². The number of hydrogen-bond acceptors (Lipinski definition) is 5. The Balaban J connectivity index is 1.81. The Morgan fingerprint density at radius 3 is 2.45 bits per heavy atom. The number of benzene rings is 3. The maximum atomic E-state index is 11.6. The zero-order valence-electron chi connectivity index (χ0n) is 17.1. The Kier molecular flexibility index (Phi) is 5.82. The van der Waals surface area contributed by atoms with Crippen molar-refractivity contribution >= 4 is 29.0 Å². The molecule has 1 N–H and O–H groups in total. The van der Waals surface area contributed by atoms with Crippen molar-refractivity contribution in [3.05, 3.63) is 88.4 Å². The van der Waals surface area contributed by atoms with Gasteiger partial charge in [-0.3, -0.25) is 5.01 Å². The Morgan fingerprint density at radius 1 is 1.03 bits per heavy atom. The molecule has 0 radical (unpaired) electrons. The first-order valence-corrected chi connectivity index (χ1v) is 10.1. The van der Waals surface area contributed by atoms with E-state index in [4.69, 9.17) is 26.2 Å². The van der Waals surface area contributed by atoms with Crippen LogP contribution in [-0.4, -0.2) is 31.0 Å². The van der Waals surface area contributed by atoms with E-state index in [0.29, 0.717) is 23.6 Å². The van der Waals surface area contributed by atoms with E-state index in [1.165, 1.54) is 0 Å². The number of anilines is 1.